The summed E-state index contributed by atoms with van der Waals surface area (Å²) < 4.78 is 12.9. The van der Waals surface area contributed by atoms with Crippen LogP contribution in [0.1, 0.15) is 30.5 Å². The minimum atomic E-state index is 0.265. The average molecular weight is 271 g/mol. The molecule has 5 heteroatoms. The summed E-state index contributed by atoms with van der Waals surface area (Å²) >= 11 is 0. The smallest absolute Gasteiger partial charge is 0.231 e. The fraction of sp³-hybridized carbons (Fsp3) is 0.400. The summed E-state index contributed by atoms with van der Waals surface area (Å²) in [5.41, 5.74) is 2.50. The highest BCUT2D eigenvalue weighted by Crippen LogP contribution is 2.38. The summed E-state index contributed by atoms with van der Waals surface area (Å²) in [6.07, 6.45) is 3.99. The Morgan fingerprint density at radius 2 is 2.25 bits per heavy atom. The third kappa shape index (κ3) is 1.66. The van der Waals surface area contributed by atoms with Gasteiger partial charge in [-0.25, -0.2) is 4.68 Å². The number of fused-ring (bicyclic) bond motifs is 2. The third-order valence-corrected chi connectivity index (χ3v) is 4.04. The highest BCUT2D eigenvalue weighted by molar-refractivity contribution is 5.49. The largest absolute Gasteiger partial charge is 0.454 e. The van der Waals surface area contributed by atoms with Crippen LogP contribution in [0.4, 0.5) is 5.82 Å². The normalized spacial score (nSPS) is 19.6. The number of benzene rings is 1. The summed E-state index contributed by atoms with van der Waals surface area (Å²) in [7, 11) is 0. The van der Waals surface area contributed by atoms with E-state index in [4.69, 9.17) is 9.47 Å². The quantitative estimate of drug-likeness (QED) is 0.912. The molecule has 1 aromatic carbocycles. The number of aromatic nitrogens is 2. The van der Waals surface area contributed by atoms with Crippen LogP contribution in [0.5, 0.6) is 11.5 Å². The van der Waals surface area contributed by atoms with Gasteiger partial charge in [-0.3, -0.25) is 0 Å². The minimum Gasteiger partial charge on any atom is -0.454 e. The molecular formula is C15H17N3O2. The van der Waals surface area contributed by atoms with E-state index in [1.54, 1.807) is 0 Å². The van der Waals surface area contributed by atoms with Crippen molar-refractivity contribution in [1.29, 1.82) is 0 Å². The lowest BCUT2D eigenvalue weighted by molar-refractivity contribution is 0.174. The lowest BCUT2D eigenvalue weighted by Crippen LogP contribution is -2.24. The van der Waals surface area contributed by atoms with Crippen LogP contribution in [0.25, 0.3) is 0 Å². The van der Waals surface area contributed by atoms with Gasteiger partial charge in [-0.15, -0.1) is 0 Å². The van der Waals surface area contributed by atoms with Gasteiger partial charge in [-0.2, -0.15) is 5.10 Å². The minimum absolute atomic E-state index is 0.265. The van der Waals surface area contributed by atoms with E-state index >= 15 is 0 Å². The molecule has 0 saturated carbocycles. The van der Waals surface area contributed by atoms with E-state index in [1.165, 1.54) is 11.1 Å². The number of anilines is 1. The topological polar surface area (TPSA) is 48.3 Å². The lowest BCUT2D eigenvalue weighted by atomic mass is 10.0. The number of hydrogen-bond donors (Lipinski definition) is 1. The van der Waals surface area contributed by atoms with Crippen LogP contribution in [-0.2, 0) is 6.42 Å². The van der Waals surface area contributed by atoms with Crippen LogP contribution < -0.4 is 14.8 Å². The molecule has 0 spiro atoms. The van der Waals surface area contributed by atoms with Gasteiger partial charge in [0.1, 0.15) is 5.82 Å². The first-order valence-electron chi connectivity index (χ1n) is 7.06. The van der Waals surface area contributed by atoms with Crippen molar-refractivity contribution in [3.8, 4) is 11.5 Å². The van der Waals surface area contributed by atoms with Gasteiger partial charge in [0, 0.05) is 12.1 Å². The molecule has 20 heavy (non-hydrogen) atoms. The molecule has 1 N–H and O–H groups in total. The van der Waals surface area contributed by atoms with Crippen LogP contribution in [-0.4, -0.2) is 23.1 Å². The fourth-order valence-electron chi connectivity index (χ4n) is 2.97. The first-order valence-corrected chi connectivity index (χ1v) is 7.06. The van der Waals surface area contributed by atoms with Gasteiger partial charge < -0.3 is 14.8 Å². The molecule has 1 unspecified atom stereocenters. The molecule has 0 radical (unpaired) electrons. The number of nitrogens with zero attached hydrogens (tertiary/aromatic N) is 2. The standard InChI is InChI=1S/C15H17N3O2/c1-2-10-8-17-18-12(5-6-16-15(10)18)11-3-4-13-14(7-11)20-9-19-13/h3-4,7-8,12,16H,2,5-6,9H2,1H3. The maximum absolute atomic E-state index is 5.48. The van der Waals surface area contributed by atoms with Crippen LogP contribution in [0.3, 0.4) is 0 Å². The first-order chi connectivity index (χ1) is 9.86. The van der Waals surface area contributed by atoms with Gasteiger partial charge >= 0.3 is 0 Å². The molecule has 2 aliphatic heterocycles. The molecule has 0 aliphatic carbocycles. The number of rotatable bonds is 2. The number of ether oxygens (including phenoxy) is 2. The van der Waals surface area contributed by atoms with E-state index in [-0.39, 0.29) is 6.04 Å². The molecular weight excluding hydrogens is 254 g/mol. The van der Waals surface area contributed by atoms with Crippen molar-refractivity contribution < 1.29 is 9.47 Å². The maximum Gasteiger partial charge on any atom is 0.231 e. The van der Waals surface area contributed by atoms with Crippen molar-refractivity contribution in [2.24, 2.45) is 0 Å². The number of hydrogen-bond acceptors (Lipinski definition) is 4. The SMILES string of the molecule is CCc1cnn2c1NCCC2c1ccc2c(c1)OCO2. The Labute approximate surface area is 117 Å². The number of aryl methyl sites for hydroxylation is 1. The van der Waals surface area contributed by atoms with E-state index < -0.39 is 0 Å². The molecule has 2 aliphatic rings. The molecule has 0 fully saturated rings. The lowest BCUT2D eigenvalue weighted by Gasteiger charge is -2.26. The van der Waals surface area contributed by atoms with E-state index in [0.717, 1.165) is 36.7 Å². The Morgan fingerprint density at radius 3 is 3.15 bits per heavy atom. The monoisotopic (exact) mass is 271 g/mol. The van der Waals surface area contributed by atoms with E-state index in [1.807, 2.05) is 12.3 Å². The van der Waals surface area contributed by atoms with Crippen LogP contribution in [0, 0.1) is 0 Å². The zero-order valence-electron chi connectivity index (χ0n) is 11.4. The Kier molecular flexibility index (Phi) is 2.58. The van der Waals surface area contributed by atoms with Crippen molar-refractivity contribution in [2.75, 3.05) is 18.7 Å². The molecule has 3 heterocycles. The van der Waals surface area contributed by atoms with Crippen molar-refractivity contribution in [3.05, 3.63) is 35.5 Å². The number of nitrogens with one attached hydrogen (secondary N) is 1. The Bertz CT molecular complexity index is 651. The second-order valence-corrected chi connectivity index (χ2v) is 5.16. The molecule has 0 amide bonds. The first kappa shape index (κ1) is 11.6. The molecule has 5 nitrogen and oxygen atoms in total. The molecule has 1 atom stereocenters. The summed E-state index contributed by atoms with van der Waals surface area (Å²) in [5.74, 6) is 2.82. The third-order valence-electron chi connectivity index (χ3n) is 4.04. The fourth-order valence-corrected chi connectivity index (χ4v) is 2.97. The summed E-state index contributed by atoms with van der Waals surface area (Å²) in [4.78, 5) is 0. The van der Waals surface area contributed by atoms with Gasteiger partial charge in [0.2, 0.25) is 6.79 Å². The molecule has 104 valence electrons. The molecule has 2 aromatic rings. The van der Waals surface area contributed by atoms with Crippen LogP contribution in [0.2, 0.25) is 0 Å². The molecule has 0 bridgehead atoms. The zero-order chi connectivity index (χ0) is 13.5. The summed E-state index contributed by atoms with van der Waals surface area (Å²) in [6.45, 7) is 3.44. The average Bonchev–Trinajstić information content (AvgIpc) is 3.12. The predicted molar refractivity (Wildman–Crippen MR) is 75.4 cm³/mol. The van der Waals surface area contributed by atoms with Crippen molar-refractivity contribution in [2.45, 2.75) is 25.8 Å². The molecule has 0 saturated heterocycles. The van der Waals surface area contributed by atoms with Crippen molar-refractivity contribution in [1.82, 2.24) is 9.78 Å². The molecule has 1 aromatic heterocycles. The van der Waals surface area contributed by atoms with E-state index in [2.05, 4.69) is 34.2 Å². The highest BCUT2D eigenvalue weighted by Gasteiger charge is 2.25. The van der Waals surface area contributed by atoms with Crippen LogP contribution in [0.15, 0.2) is 24.4 Å². The Hall–Kier alpha value is -2.17. The van der Waals surface area contributed by atoms with Gasteiger partial charge in [0.25, 0.3) is 0 Å². The Balaban J connectivity index is 1.75. The van der Waals surface area contributed by atoms with Gasteiger partial charge in [-0.05, 0) is 30.5 Å². The van der Waals surface area contributed by atoms with Gasteiger partial charge in [0.05, 0.1) is 12.2 Å². The van der Waals surface area contributed by atoms with E-state index in [0.29, 0.717) is 6.79 Å². The van der Waals surface area contributed by atoms with Crippen LogP contribution >= 0.6 is 0 Å². The second-order valence-electron chi connectivity index (χ2n) is 5.16. The summed E-state index contributed by atoms with van der Waals surface area (Å²) in [5, 5.41) is 8.02. The Morgan fingerprint density at radius 1 is 1.35 bits per heavy atom. The van der Waals surface area contributed by atoms with E-state index in [9.17, 15) is 0 Å². The second kappa shape index (κ2) is 4.44. The summed E-state index contributed by atoms with van der Waals surface area (Å²) in [6, 6.07) is 6.45. The molecule has 4 rings (SSSR count). The predicted octanol–water partition coefficient (Wildman–Crippen LogP) is 2.58. The zero-order valence-corrected chi connectivity index (χ0v) is 11.4. The van der Waals surface area contributed by atoms with Gasteiger partial charge in [-0.1, -0.05) is 13.0 Å². The highest BCUT2D eigenvalue weighted by atomic mass is 16.7. The van der Waals surface area contributed by atoms with Crippen molar-refractivity contribution >= 4 is 5.82 Å². The maximum atomic E-state index is 5.48. The van der Waals surface area contributed by atoms with Gasteiger partial charge in [0.15, 0.2) is 11.5 Å². The van der Waals surface area contributed by atoms with Crippen molar-refractivity contribution in [3.63, 3.8) is 0 Å².